The van der Waals surface area contributed by atoms with Crippen LogP contribution in [0.5, 0.6) is 0 Å². The third-order valence-electron chi connectivity index (χ3n) is 2.52. The second-order valence-electron chi connectivity index (χ2n) is 3.92. The Morgan fingerprint density at radius 1 is 1.29 bits per heavy atom. The van der Waals surface area contributed by atoms with E-state index in [1.807, 2.05) is 30.5 Å². The Kier molecular flexibility index (Phi) is 4.02. The summed E-state index contributed by atoms with van der Waals surface area (Å²) >= 11 is 3.23. The Morgan fingerprint density at radius 3 is 2.76 bits per heavy atom. The molecule has 0 aliphatic heterocycles. The first-order valence-electron chi connectivity index (χ1n) is 5.43. The minimum absolute atomic E-state index is 0.218. The summed E-state index contributed by atoms with van der Waals surface area (Å²) in [6, 6.07) is 10.2. The fraction of sp³-hybridized carbons (Fsp3) is 0.214. The van der Waals surface area contributed by atoms with E-state index in [0.29, 0.717) is 5.75 Å². The largest absolute Gasteiger partial charge is 0.293 e. The predicted molar refractivity (Wildman–Crippen MR) is 75.3 cm³/mol. The number of thiophene rings is 1. The van der Waals surface area contributed by atoms with Gasteiger partial charge < -0.3 is 0 Å². The summed E-state index contributed by atoms with van der Waals surface area (Å²) in [6.45, 7) is 4.06. The van der Waals surface area contributed by atoms with Crippen molar-refractivity contribution < 1.29 is 4.79 Å². The number of carbonyl (C=O) groups excluding carboxylic acids is 1. The third-order valence-corrected chi connectivity index (χ3v) is 4.36. The zero-order valence-electron chi connectivity index (χ0n) is 9.90. The average molecular weight is 262 g/mol. The van der Waals surface area contributed by atoms with E-state index in [4.69, 9.17) is 0 Å². The SMILES string of the molecule is Cc1cccc(SCC(=O)c2ccsc2C)c1. The monoisotopic (exact) mass is 262 g/mol. The molecule has 88 valence electrons. The van der Waals surface area contributed by atoms with Crippen molar-refractivity contribution >= 4 is 28.9 Å². The van der Waals surface area contributed by atoms with Crippen LogP contribution in [0.2, 0.25) is 0 Å². The van der Waals surface area contributed by atoms with Crippen molar-refractivity contribution in [2.75, 3.05) is 5.75 Å². The van der Waals surface area contributed by atoms with Gasteiger partial charge in [0.2, 0.25) is 0 Å². The van der Waals surface area contributed by atoms with Gasteiger partial charge in [-0.25, -0.2) is 0 Å². The summed E-state index contributed by atoms with van der Waals surface area (Å²) in [7, 11) is 0. The summed E-state index contributed by atoms with van der Waals surface area (Å²) in [4.78, 5) is 14.2. The molecular formula is C14H14OS2. The number of Topliss-reactive ketones (excluding diaryl/α,β-unsaturated/α-hetero) is 1. The summed E-state index contributed by atoms with van der Waals surface area (Å²) in [5.74, 6) is 0.733. The van der Waals surface area contributed by atoms with Gasteiger partial charge >= 0.3 is 0 Å². The molecule has 1 aromatic carbocycles. The summed E-state index contributed by atoms with van der Waals surface area (Å²) in [5, 5.41) is 1.97. The van der Waals surface area contributed by atoms with Crippen LogP contribution >= 0.6 is 23.1 Å². The van der Waals surface area contributed by atoms with Crippen LogP contribution in [0.1, 0.15) is 20.8 Å². The van der Waals surface area contributed by atoms with Gasteiger partial charge in [0.15, 0.2) is 5.78 Å². The summed E-state index contributed by atoms with van der Waals surface area (Å²) in [6.07, 6.45) is 0. The van der Waals surface area contributed by atoms with Crippen LogP contribution < -0.4 is 0 Å². The fourth-order valence-corrected chi connectivity index (χ4v) is 3.22. The van der Waals surface area contributed by atoms with E-state index in [0.717, 1.165) is 15.3 Å². The minimum atomic E-state index is 0.218. The van der Waals surface area contributed by atoms with Gasteiger partial charge in [-0.15, -0.1) is 23.1 Å². The smallest absolute Gasteiger partial charge is 0.174 e. The molecule has 0 bridgehead atoms. The third kappa shape index (κ3) is 3.20. The Hall–Kier alpha value is -1.06. The lowest BCUT2D eigenvalue weighted by Gasteiger charge is -2.02. The van der Waals surface area contributed by atoms with Crippen LogP contribution in [0.3, 0.4) is 0 Å². The maximum atomic E-state index is 12.0. The molecule has 1 nitrogen and oxygen atoms in total. The van der Waals surface area contributed by atoms with E-state index in [-0.39, 0.29) is 5.78 Å². The molecule has 1 heterocycles. The standard InChI is InChI=1S/C14H14OS2/c1-10-4-3-5-12(8-10)17-9-14(15)13-6-7-16-11(13)2/h3-8H,9H2,1-2H3. The van der Waals surface area contributed by atoms with E-state index in [2.05, 4.69) is 19.1 Å². The van der Waals surface area contributed by atoms with Crippen molar-refractivity contribution in [3.63, 3.8) is 0 Å². The van der Waals surface area contributed by atoms with Gasteiger partial charge in [0.25, 0.3) is 0 Å². The van der Waals surface area contributed by atoms with Crippen LogP contribution in [-0.4, -0.2) is 11.5 Å². The van der Waals surface area contributed by atoms with Crippen LogP contribution in [-0.2, 0) is 0 Å². The highest BCUT2D eigenvalue weighted by Gasteiger charge is 2.10. The van der Waals surface area contributed by atoms with E-state index in [1.54, 1.807) is 23.1 Å². The minimum Gasteiger partial charge on any atom is -0.293 e. The highest BCUT2D eigenvalue weighted by Crippen LogP contribution is 2.22. The molecule has 17 heavy (non-hydrogen) atoms. The highest BCUT2D eigenvalue weighted by molar-refractivity contribution is 8.00. The van der Waals surface area contributed by atoms with Gasteiger partial charge in [-0.05, 0) is 37.4 Å². The topological polar surface area (TPSA) is 17.1 Å². The van der Waals surface area contributed by atoms with E-state index in [9.17, 15) is 4.79 Å². The maximum Gasteiger partial charge on any atom is 0.174 e. The Bertz CT molecular complexity index is 529. The predicted octanol–water partition coefficient (Wildman–Crippen LogP) is 4.34. The lowest BCUT2D eigenvalue weighted by molar-refractivity contribution is 0.102. The zero-order chi connectivity index (χ0) is 12.3. The van der Waals surface area contributed by atoms with Crippen LogP contribution in [0.15, 0.2) is 40.6 Å². The highest BCUT2D eigenvalue weighted by atomic mass is 32.2. The Balaban J connectivity index is 1.99. The van der Waals surface area contributed by atoms with Gasteiger partial charge in [-0.1, -0.05) is 17.7 Å². The number of benzene rings is 1. The number of hydrogen-bond acceptors (Lipinski definition) is 3. The molecule has 0 fully saturated rings. The molecule has 0 aliphatic carbocycles. The molecule has 0 saturated carbocycles. The molecule has 0 radical (unpaired) electrons. The zero-order valence-corrected chi connectivity index (χ0v) is 11.5. The lowest BCUT2D eigenvalue weighted by Crippen LogP contribution is -2.02. The molecular weight excluding hydrogens is 248 g/mol. The van der Waals surface area contributed by atoms with Gasteiger partial charge in [0, 0.05) is 15.3 Å². The first kappa shape index (κ1) is 12.4. The normalized spacial score (nSPS) is 10.5. The number of rotatable bonds is 4. The van der Waals surface area contributed by atoms with Crippen LogP contribution in [0, 0.1) is 13.8 Å². The van der Waals surface area contributed by atoms with Crippen LogP contribution in [0.4, 0.5) is 0 Å². The van der Waals surface area contributed by atoms with Crippen molar-refractivity contribution in [1.29, 1.82) is 0 Å². The van der Waals surface area contributed by atoms with Crippen LogP contribution in [0.25, 0.3) is 0 Å². The molecule has 0 atom stereocenters. The molecule has 2 rings (SSSR count). The first-order valence-corrected chi connectivity index (χ1v) is 7.30. The number of thioether (sulfide) groups is 1. The van der Waals surface area contributed by atoms with Crippen molar-refractivity contribution in [3.8, 4) is 0 Å². The Labute approximate surface area is 110 Å². The van der Waals surface area contributed by atoms with Crippen molar-refractivity contribution in [2.24, 2.45) is 0 Å². The average Bonchev–Trinajstić information content (AvgIpc) is 2.72. The summed E-state index contributed by atoms with van der Waals surface area (Å²) in [5.41, 5.74) is 2.10. The molecule has 1 aromatic heterocycles. The fourth-order valence-electron chi connectivity index (χ4n) is 1.61. The van der Waals surface area contributed by atoms with Crippen molar-refractivity contribution in [3.05, 3.63) is 51.7 Å². The number of aryl methyl sites for hydroxylation is 2. The second-order valence-corrected chi connectivity index (χ2v) is 6.09. The van der Waals surface area contributed by atoms with Gasteiger partial charge in [-0.2, -0.15) is 0 Å². The molecule has 0 amide bonds. The quantitative estimate of drug-likeness (QED) is 0.602. The first-order chi connectivity index (χ1) is 8.16. The van der Waals surface area contributed by atoms with Gasteiger partial charge in [0.05, 0.1) is 5.75 Å². The van der Waals surface area contributed by atoms with E-state index in [1.165, 1.54) is 5.56 Å². The molecule has 0 saturated heterocycles. The van der Waals surface area contributed by atoms with E-state index >= 15 is 0 Å². The van der Waals surface area contributed by atoms with Gasteiger partial charge in [0.1, 0.15) is 0 Å². The molecule has 0 spiro atoms. The molecule has 2 aromatic rings. The molecule has 0 N–H and O–H groups in total. The van der Waals surface area contributed by atoms with E-state index < -0.39 is 0 Å². The lowest BCUT2D eigenvalue weighted by atomic mass is 10.2. The summed E-state index contributed by atoms with van der Waals surface area (Å²) < 4.78 is 0. The number of carbonyl (C=O) groups is 1. The molecule has 0 aliphatic rings. The van der Waals surface area contributed by atoms with Crippen molar-refractivity contribution in [2.45, 2.75) is 18.7 Å². The molecule has 3 heteroatoms. The number of hydrogen-bond donors (Lipinski definition) is 0. The number of ketones is 1. The Morgan fingerprint density at radius 2 is 2.12 bits per heavy atom. The van der Waals surface area contributed by atoms with Crippen molar-refractivity contribution in [1.82, 2.24) is 0 Å². The molecule has 0 unspecified atom stereocenters. The maximum absolute atomic E-state index is 12.0. The van der Waals surface area contributed by atoms with Gasteiger partial charge in [-0.3, -0.25) is 4.79 Å². The second kappa shape index (κ2) is 5.52.